The van der Waals surface area contributed by atoms with Crippen LogP contribution in [0, 0.1) is 11.2 Å². The van der Waals surface area contributed by atoms with E-state index in [1.165, 1.54) is 12.1 Å². The molecule has 1 atom stereocenters. The first-order chi connectivity index (χ1) is 18.0. The van der Waals surface area contributed by atoms with Crippen LogP contribution in [0.4, 0.5) is 10.1 Å². The molecule has 0 aliphatic rings. The van der Waals surface area contributed by atoms with Gasteiger partial charge in [-0.1, -0.05) is 18.2 Å². The van der Waals surface area contributed by atoms with Crippen molar-refractivity contribution < 1.29 is 27.1 Å². The van der Waals surface area contributed by atoms with Gasteiger partial charge in [0.25, 0.3) is 15.9 Å². The molecule has 0 aromatic heterocycles. The Morgan fingerprint density at radius 2 is 1.74 bits per heavy atom. The number of carbonyl (C=O) groups is 1. The van der Waals surface area contributed by atoms with E-state index >= 15 is 0 Å². The summed E-state index contributed by atoms with van der Waals surface area (Å²) in [6, 6.07) is 15.1. The van der Waals surface area contributed by atoms with Gasteiger partial charge in [0, 0.05) is 11.3 Å². The molecule has 12 heteroatoms. The highest BCUT2D eigenvalue weighted by Gasteiger charge is 2.26. The number of nitrogens with two attached hydrogens (primary N) is 1. The van der Waals surface area contributed by atoms with Crippen LogP contribution in [0.15, 0.2) is 71.6 Å². The smallest absolute Gasteiger partial charge is 0.262 e. The molecule has 10 nitrogen and oxygen atoms in total. The lowest BCUT2D eigenvalue weighted by Crippen LogP contribution is -2.45. The van der Waals surface area contributed by atoms with Crippen LogP contribution in [0.3, 0.4) is 0 Å². The third kappa shape index (κ3) is 7.20. The zero-order valence-electron chi connectivity index (χ0n) is 21.1. The van der Waals surface area contributed by atoms with Crippen molar-refractivity contribution in [2.24, 2.45) is 5.73 Å². The molecule has 38 heavy (non-hydrogen) atoms. The van der Waals surface area contributed by atoms with Gasteiger partial charge < -0.3 is 20.5 Å². The van der Waals surface area contributed by atoms with E-state index < -0.39 is 32.7 Å². The van der Waals surface area contributed by atoms with E-state index in [0.717, 1.165) is 12.1 Å². The second-order valence-corrected chi connectivity index (χ2v) is 10.1. The summed E-state index contributed by atoms with van der Waals surface area (Å²) in [6.07, 6.45) is -0.121. The lowest BCUT2D eigenvalue weighted by atomic mass is 10.0. The van der Waals surface area contributed by atoms with Crippen LogP contribution in [-0.2, 0) is 14.8 Å². The highest BCUT2D eigenvalue weighted by atomic mass is 32.2. The van der Waals surface area contributed by atoms with Crippen molar-refractivity contribution in [3.63, 3.8) is 0 Å². The fraction of sp³-hybridized carbons (Fsp3) is 0.231. The SMILES string of the molecule is CCOc1cc(C(Nc2ccc(C(=N)N)cc2)C(=O)NNS(=O)(=O)c2ccccc2F)ccc1OC(C)C. The Balaban J connectivity index is 1.94. The van der Waals surface area contributed by atoms with E-state index in [4.69, 9.17) is 20.6 Å². The number of hydrogen-bond acceptors (Lipinski definition) is 7. The minimum absolute atomic E-state index is 0.115. The second kappa shape index (κ2) is 12.4. The summed E-state index contributed by atoms with van der Waals surface area (Å²) in [7, 11) is -4.39. The zero-order valence-corrected chi connectivity index (χ0v) is 21.9. The topological polar surface area (TPSA) is 156 Å². The molecule has 1 unspecified atom stereocenters. The van der Waals surface area contributed by atoms with Crippen LogP contribution >= 0.6 is 0 Å². The molecule has 0 fully saturated rings. The van der Waals surface area contributed by atoms with Crippen molar-refractivity contribution in [1.29, 1.82) is 5.41 Å². The van der Waals surface area contributed by atoms with Gasteiger partial charge in [0.05, 0.1) is 12.7 Å². The van der Waals surface area contributed by atoms with E-state index in [2.05, 4.69) is 10.7 Å². The summed E-state index contributed by atoms with van der Waals surface area (Å²) >= 11 is 0. The van der Waals surface area contributed by atoms with Crippen LogP contribution < -0.4 is 30.8 Å². The summed E-state index contributed by atoms with van der Waals surface area (Å²) in [5, 5.41) is 10.6. The molecule has 0 spiro atoms. The molecule has 0 heterocycles. The Morgan fingerprint density at radius 1 is 1.05 bits per heavy atom. The van der Waals surface area contributed by atoms with E-state index in [0.29, 0.717) is 34.9 Å². The Kier molecular flexibility index (Phi) is 9.26. The molecule has 0 radical (unpaired) electrons. The first kappa shape index (κ1) is 28.4. The molecule has 0 saturated heterocycles. The number of nitrogens with one attached hydrogen (secondary N) is 4. The zero-order chi connectivity index (χ0) is 27.9. The van der Waals surface area contributed by atoms with Crippen molar-refractivity contribution in [3.8, 4) is 11.5 Å². The summed E-state index contributed by atoms with van der Waals surface area (Å²) in [5.41, 5.74) is 9.10. The normalized spacial score (nSPS) is 12.0. The molecule has 0 aliphatic heterocycles. The molecule has 6 N–H and O–H groups in total. The minimum Gasteiger partial charge on any atom is -0.490 e. The number of amides is 1. The van der Waals surface area contributed by atoms with Crippen LogP contribution in [-0.4, -0.2) is 32.9 Å². The number of halogens is 1. The summed E-state index contributed by atoms with van der Waals surface area (Å²) in [4.78, 5) is 14.6. The maximum absolute atomic E-state index is 14.1. The lowest BCUT2D eigenvalue weighted by Gasteiger charge is -2.22. The summed E-state index contributed by atoms with van der Waals surface area (Å²) in [5.74, 6) is -0.972. The summed E-state index contributed by atoms with van der Waals surface area (Å²) in [6.45, 7) is 5.89. The van der Waals surface area contributed by atoms with Crippen LogP contribution in [0.5, 0.6) is 11.5 Å². The van der Waals surface area contributed by atoms with Gasteiger partial charge in [0.15, 0.2) is 11.5 Å². The number of anilines is 1. The fourth-order valence-corrected chi connectivity index (χ4v) is 4.37. The van der Waals surface area contributed by atoms with Crippen LogP contribution in [0.25, 0.3) is 0 Å². The molecule has 3 aromatic carbocycles. The quantitative estimate of drug-likeness (QED) is 0.133. The molecular formula is C26H30FN5O5S. The van der Waals surface area contributed by atoms with Gasteiger partial charge in [-0.2, -0.15) is 0 Å². The Bertz CT molecular complexity index is 1400. The van der Waals surface area contributed by atoms with Crippen molar-refractivity contribution in [1.82, 2.24) is 10.3 Å². The third-order valence-electron chi connectivity index (χ3n) is 5.17. The minimum atomic E-state index is -4.39. The number of carbonyl (C=O) groups excluding carboxylic acids is 1. The van der Waals surface area contributed by atoms with Crippen molar-refractivity contribution in [2.45, 2.75) is 37.8 Å². The molecule has 3 aromatic rings. The van der Waals surface area contributed by atoms with Crippen molar-refractivity contribution >= 4 is 27.5 Å². The van der Waals surface area contributed by atoms with E-state index in [9.17, 15) is 17.6 Å². The van der Waals surface area contributed by atoms with Gasteiger partial charge in [-0.3, -0.25) is 15.6 Å². The van der Waals surface area contributed by atoms with E-state index in [-0.39, 0.29) is 11.9 Å². The monoisotopic (exact) mass is 543 g/mol. The van der Waals surface area contributed by atoms with Crippen molar-refractivity contribution in [2.75, 3.05) is 11.9 Å². The first-order valence-corrected chi connectivity index (χ1v) is 13.2. The molecular weight excluding hydrogens is 513 g/mol. The number of benzene rings is 3. The molecule has 202 valence electrons. The van der Waals surface area contributed by atoms with Gasteiger partial charge >= 0.3 is 0 Å². The number of hydrazine groups is 1. The standard InChI is InChI=1S/C26H30FN5O5S/c1-4-36-22-15-18(11-14-21(22)37-16(2)3)24(30-19-12-9-17(10-13-19)25(28)29)26(33)31-32-38(34,35)23-8-6-5-7-20(23)27/h5-16,24,30,32H,4H2,1-3H3,(H3,28,29)(H,31,33). The average molecular weight is 544 g/mol. The molecule has 0 bridgehead atoms. The highest BCUT2D eigenvalue weighted by Crippen LogP contribution is 2.33. The highest BCUT2D eigenvalue weighted by molar-refractivity contribution is 7.89. The first-order valence-electron chi connectivity index (χ1n) is 11.7. The van der Waals surface area contributed by atoms with Gasteiger partial charge in [0.2, 0.25) is 0 Å². The predicted octanol–water partition coefficient (Wildman–Crippen LogP) is 3.46. The maximum Gasteiger partial charge on any atom is 0.262 e. The van der Waals surface area contributed by atoms with E-state index in [1.54, 1.807) is 42.5 Å². The van der Waals surface area contributed by atoms with Gasteiger partial charge in [-0.25, -0.2) is 12.8 Å². The predicted molar refractivity (Wildman–Crippen MR) is 142 cm³/mol. The second-order valence-electron chi connectivity index (χ2n) is 8.40. The maximum atomic E-state index is 14.1. The van der Waals surface area contributed by atoms with Crippen LogP contribution in [0.2, 0.25) is 0 Å². The largest absolute Gasteiger partial charge is 0.490 e. The number of amidine groups is 1. The van der Waals surface area contributed by atoms with Gasteiger partial charge in [0.1, 0.15) is 22.6 Å². The van der Waals surface area contributed by atoms with Gasteiger partial charge in [-0.15, -0.1) is 4.83 Å². The molecule has 0 saturated carbocycles. The lowest BCUT2D eigenvalue weighted by molar-refractivity contribution is -0.122. The molecule has 1 amide bonds. The van der Waals surface area contributed by atoms with Crippen LogP contribution in [0.1, 0.15) is 37.9 Å². The fourth-order valence-electron chi connectivity index (χ4n) is 3.44. The molecule has 3 rings (SSSR count). The number of rotatable bonds is 12. The Labute approximate surface area is 220 Å². The van der Waals surface area contributed by atoms with Gasteiger partial charge in [-0.05, 0) is 74.9 Å². The summed E-state index contributed by atoms with van der Waals surface area (Å²) < 4.78 is 50.8. The Morgan fingerprint density at radius 3 is 2.34 bits per heavy atom. The average Bonchev–Trinajstić information content (AvgIpc) is 2.87. The number of sulfonamides is 1. The Hall–Kier alpha value is -4.16. The number of nitrogen functional groups attached to an aromatic ring is 1. The molecule has 0 aliphatic carbocycles. The number of ether oxygens (including phenoxy) is 2. The van der Waals surface area contributed by atoms with E-state index in [1.807, 2.05) is 25.6 Å². The van der Waals surface area contributed by atoms with Crippen molar-refractivity contribution in [3.05, 3.63) is 83.7 Å². The third-order valence-corrected chi connectivity index (χ3v) is 6.45. The number of hydrogen-bond donors (Lipinski definition) is 5.